The molecule has 3 rings (SSSR count). The van der Waals surface area contributed by atoms with E-state index in [4.69, 9.17) is 13.9 Å². The molecule has 0 amide bonds. The Bertz CT molecular complexity index is 754. The minimum atomic E-state index is -0.989. The predicted octanol–water partition coefficient (Wildman–Crippen LogP) is 2.72. The summed E-state index contributed by atoms with van der Waals surface area (Å²) in [7, 11) is 0. The van der Waals surface area contributed by atoms with Gasteiger partial charge in [0.1, 0.15) is 0 Å². The fraction of sp³-hybridized carbons (Fsp3) is 0.0769. The lowest BCUT2D eigenvalue weighted by atomic mass is 10.3. The topological polar surface area (TPSA) is 102 Å². The number of furan rings is 1. The van der Waals surface area contributed by atoms with Crippen molar-refractivity contribution in [2.75, 3.05) is 0 Å². The minimum Gasteiger partial charge on any atom is -0.478 e. The molecule has 3 aromatic heterocycles. The first kappa shape index (κ1) is 13.4. The Hall–Kier alpha value is -2.61. The molecule has 7 nitrogen and oxygen atoms in total. The lowest BCUT2D eigenvalue weighted by Crippen LogP contribution is -1.96. The van der Waals surface area contributed by atoms with Crippen molar-refractivity contribution in [3.05, 3.63) is 48.2 Å². The number of aromatic carboxylic acids is 1. The first-order chi connectivity index (χ1) is 10.2. The summed E-state index contributed by atoms with van der Waals surface area (Å²) < 4.78 is 10.6. The van der Waals surface area contributed by atoms with E-state index in [0.29, 0.717) is 28.3 Å². The molecule has 106 valence electrons. The molecule has 0 aliphatic carbocycles. The van der Waals surface area contributed by atoms with E-state index in [-0.39, 0.29) is 5.56 Å². The monoisotopic (exact) mass is 303 g/mol. The summed E-state index contributed by atoms with van der Waals surface area (Å²) in [5, 5.41) is 17.3. The number of carboxylic acids is 1. The van der Waals surface area contributed by atoms with Crippen molar-refractivity contribution in [1.29, 1.82) is 0 Å². The van der Waals surface area contributed by atoms with Crippen molar-refractivity contribution in [3.8, 4) is 11.7 Å². The van der Waals surface area contributed by atoms with E-state index >= 15 is 0 Å². The van der Waals surface area contributed by atoms with E-state index in [1.54, 1.807) is 12.1 Å². The number of aromatic nitrogens is 3. The SMILES string of the molecule is O=C(O)c1ccnc(SCc2nnc(-c3ccco3)o2)c1. The average molecular weight is 303 g/mol. The van der Waals surface area contributed by atoms with Crippen molar-refractivity contribution in [2.45, 2.75) is 10.8 Å². The van der Waals surface area contributed by atoms with Crippen molar-refractivity contribution in [3.63, 3.8) is 0 Å². The molecule has 3 heterocycles. The second-order valence-corrected chi connectivity index (χ2v) is 4.95. The molecule has 0 aliphatic rings. The zero-order valence-corrected chi connectivity index (χ0v) is 11.4. The van der Waals surface area contributed by atoms with E-state index in [9.17, 15) is 4.79 Å². The van der Waals surface area contributed by atoms with Crippen LogP contribution in [0.4, 0.5) is 0 Å². The van der Waals surface area contributed by atoms with Crippen LogP contribution in [0.1, 0.15) is 16.2 Å². The number of hydrogen-bond acceptors (Lipinski definition) is 7. The van der Waals surface area contributed by atoms with Crippen molar-refractivity contribution >= 4 is 17.7 Å². The molecule has 0 atom stereocenters. The third-order valence-electron chi connectivity index (χ3n) is 2.52. The quantitative estimate of drug-likeness (QED) is 0.718. The van der Waals surface area contributed by atoms with E-state index in [1.165, 1.54) is 36.4 Å². The molecule has 0 unspecified atom stereocenters. The molecule has 0 bridgehead atoms. The first-order valence-electron chi connectivity index (χ1n) is 5.91. The summed E-state index contributed by atoms with van der Waals surface area (Å²) in [6.45, 7) is 0. The van der Waals surface area contributed by atoms with Gasteiger partial charge in [-0.25, -0.2) is 9.78 Å². The Balaban J connectivity index is 1.68. The third-order valence-corrected chi connectivity index (χ3v) is 3.43. The van der Waals surface area contributed by atoms with E-state index in [2.05, 4.69) is 15.2 Å². The van der Waals surface area contributed by atoms with Crippen LogP contribution in [0.15, 0.2) is 50.6 Å². The maximum Gasteiger partial charge on any atom is 0.335 e. The normalized spacial score (nSPS) is 10.7. The van der Waals surface area contributed by atoms with Crippen LogP contribution in [0.5, 0.6) is 0 Å². The molecule has 0 spiro atoms. The highest BCUT2D eigenvalue weighted by molar-refractivity contribution is 7.98. The van der Waals surface area contributed by atoms with Crippen LogP contribution in [0.3, 0.4) is 0 Å². The predicted molar refractivity (Wildman–Crippen MR) is 72.8 cm³/mol. The molecule has 0 aromatic carbocycles. The molecule has 8 heteroatoms. The summed E-state index contributed by atoms with van der Waals surface area (Å²) in [6.07, 6.45) is 2.98. The number of hydrogen-bond donors (Lipinski definition) is 1. The summed E-state index contributed by atoms with van der Waals surface area (Å²) in [5.74, 6) is 0.628. The van der Waals surface area contributed by atoms with Gasteiger partial charge < -0.3 is 13.9 Å². The summed E-state index contributed by atoms with van der Waals surface area (Å²) in [5.41, 5.74) is 0.189. The first-order valence-corrected chi connectivity index (χ1v) is 6.89. The Kier molecular flexibility index (Phi) is 3.69. The van der Waals surface area contributed by atoms with E-state index in [0.717, 1.165) is 0 Å². The standard InChI is InChI=1S/C13H9N3O4S/c17-13(18)8-3-4-14-11(6-8)21-7-10-15-16-12(20-10)9-2-1-5-19-9/h1-6H,7H2,(H,17,18). The van der Waals surface area contributed by atoms with Gasteiger partial charge in [0.2, 0.25) is 5.89 Å². The molecule has 0 aliphatic heterocycles. The van der Waals surface area contributed by atoms with Crippen molar-refractivity contribution in [2.24, 2.45) is 0 Å². The van der Waals surface area contributed by atoms with Crippen LogP contribution in [0.2, 0.25) is 0 Å². The highest BCUT2D eigenvalue weighted by Gasteiger charge is 2.12. The van der Waals surface area contributed by atoms with E-state index in [1.807, 2.05) is 0 Å². The van der Waals surface area contributed by atoms with Gasteiger partial charge in [0.05, 0.1) is 22.6 Å². The highest BCUT2D eigenvalue weighted by Crippen LogP contribution is 2.23. The number of pyridine rings is 1. The van der Waals surface area contributed by atoms with Gasteiger partial charge >= 0.3 is 5.97 Å². The van der Waals surface area contributed by atoms with Gasteiger partial charge in [0.15, 0.2) is 5.76 Å². The molecular weight excluding hydrogens is 294 g/mol. The Morgan fingerprint density at radius 2 is 2.24 bits per heavy atom. The van der Waals surface area contributed by atoms with Crippen LogP contribution in [0.25, 0.3) is 11.7 Å². The number of carbonyl (C=O) groups is 1. The second-order valence-electron chi connectivity index (χ2n) is 3.95. The Morgan fingerprint density at radius 1 is 1.33 bits per heavy atom. The Labute approximate surface area is 123 Å². The van der Waals surface area contributed by atoms with Crippen LogP contribution in [0, 0.1) is 0 Å². The van der Waals surface area contributed by atoms with Gasteiger partial charge in [-0.05, 0) is 24.3 Å². The van der Waals surface area contributed by atoms with Crippen LogP contribution >= 0.6 is 11.8 Å². The second kappa shape index (κ2) is 5.80. The molecule has 21 heavy (non-hydrogen) atoms. The smallest absolute Gasteiger partial charge is 0.335 e. The number of nitrogens with zero attached hydrogens (tertiary/aromatic N) is 3. The van der Waals surface area contributed by atoms with Crippen LogP contribution < -0.4 is 0 Å². The van der Waals surface area contributed by atoms with Gasteiger partial charge in [-0.2, -0.15) is 0 Å². The lowest BCUT2D eigenvalue weighted by Gasteiger charge is -1.99. The molecule has 0 fully saturated rings. The van der Waals surface area contributed by atoms with Gasteiger partial charge in [-0.15, -0.1) is 10.2 Å². The zero-order valence-electron chi connectivity index (χ0n) is 10.6. The summed E-state index contributed by atoms with van der Waals surface area (Å²) >= 11 is 1.31. The van der Waals surface area contributed by atoms with Crippen molar-refractivity contribution < 1.29 is 18.7 Å². The Morgan fingerprint density at radius 3 is 3.00 bits per heavy atom. The molecule has 0 radical (unpaired) electrons. The lowest BCUT2D eigenvalue weighted by molar-refractivity contribution is 0.0696. The average Bonchev–Trinajstić information content (AvgIpc) is 3.16. The minimum absolute atomic E-state index is 0.189. The van der Waals surface area contributed by atoms with Crippen LogP contribution in [-0.4, -0.2) is 26.3 Å². The fourth-order valence-corrected chi connectivity index (χ4v) is 2.30. The molecule has 0 saturated carbocycles. The largest absolute Gasteiger partial charge is 0.478 e. The summed E-state index contributed by atoms with van der Waals surface area (Å²) in [6, 6.07) is 6.39. The van der Waals surface area contributed by atoms with E-state index < -0.39 is 5.97 Å². The fourth-order valence-electron chi connectivity index (χ4n) is 1.57. The molecule has 3 aromatic rings. The molecule has 1 N–H and O–H groups in total. The maximum atomic E-state index is 10.9. The number of rotatable bonds is 5. The van der Waals surface area contributed by atoms with Gasteiger partial charge in [0.25, 0.3) is 5.89 Å². The highest BCUT2D eigenvalue weighted by atomic mass is 32.2. The van der Waals surface area contributed by atoms with Gasteiger partial charge in [0, 0.05) is 6.20 Å². The van der Waals surface area contributed by atoms with Crippen molar-refractivity contribution in [1.82, 2.24) is 15.2 Å². The van der Waals surface area contributed by atoms with Crippen LogP contribution in [-0.2, 0) is 5.75 Å². The summed E-state index contributed by atoms with van der Waals surface area (Å²) in [4.78, 5) is 15.0. The molecule has 0 saturated heterocycles. The molecular formula is C13H9N3O4S. The van der Waals surface area contributed by atoms with Gasteiger partial charge in [-0.1, -0.05) is 11.8 Å². The van der Waals surface area contributed by atoms with Gasteiger partial charge in [-0.3, -0.25) is 0 Å². The maximum absolute atomic E-state index is 10.9. The number of thioether (sulfide) groups is 1. The zero-order chi connectivity index (χ0) is 14.7. The third kappa shape index (κ3) is 3.11. The number of carboxylic acid groups (broad SMARTS) is 1.